The fourth-order valence-electron chi connectivity index (χ4n) is 4.67. The first-order valence-electron chi connectivity index (χ1n) is 15.6. The molecule has 4 nitrogen and oxygen atoms in total. The molecule has 0 radical (unpaired) electrons. The Morgan fingerprint density at radius 3 is 1.54 bits per heavy atom. The molecule has 41 heavy (non-hydrogen) atoms. The van der Waals surface area contributed by atoms with E-state index in [1.54, 1.807) is 12.1 Å². The molecule has 0 spiro atoms. The van der Waals surface area contributed by atoms with Crippen LogP contribution in [0.5, 0.6) is 17.2 Å². The molecule has 0 aliphatic rings. The fourth-order valence-corrected chi connectivity index (χ4v) is 4.67. The molecule has 0 bridgehead atoms. The molecule has 0 atom stereocenters. The second kappa shape index (κ2) is 19.5. The highest BCUT2D eigenvalue weighted by molar-refractivity contribution is 5.91. The van der Waals surface area contributed by atoms with Gasteiger partial charge in [-0.25, -0.2) is 4.79 Å². The van der Waals surface area contributed by atoms with Crippen LogP contribution in [0.3, 0.4) is 0 Å². The molecule has 0 aliphatic heterocycles. The first kappa shape index (κ1) is 32.0. The maximum absolute atomic E-state index is 12.6. The summed E-state index contributed by atoms with van der Waals surface area (Å²) in [6.07, 6.45) is 18.0. The number of carbonyl (C=O) groups is 1. The van der Waals surface area contributed by atoms with Crippen LogP contribution in [-0.2, 0) is 0 Å². The number of rotatable bonds is 21. The van der Waals surface area contributed by atoms with E-state index in [0.29, 0.717) is 17.9 Å². The monoisotopic (exact) mass is 556 g/mol. The van der Waals surface area contributed by atoms with Crippen LogP contribution in [0.2, 0.25) is 0 Å². The van der Waals surface area contributed by atoms with Crippen LogP contribution >= 0.6 is 0 Å². The molecule has 0 unspecified atom stereocenters. The SMILES string of the molecule is C=CCCCCCCCCCOc1ccc(-c2ccc(OC(=O)c3ccc(OCCCCCCC)cc3)cc2)cc1. The average Bonchev–Trinajstić information content (AvgIpc) is 3.01. The van der Waals surface area contributed by atoms with E-state index < -0.39 is 0 Å². The fraction of sp³-hybridized carbons (Fsp3) is 0.432. The van der Waals surface area contributed by atoms with Gasteiger partial charge in [-0.3, -0.25) is 0 Å². The molecule has 3 aromatic rings. The third-order valence-corrected chi connectivity index (χ3v) is 7.18. The number of carbonyl (C=O) groups excluding carboxylic acids is 1. The van der Waals surface area contributed by atoms with Gasteiger partial charge in [0.15, 0.2) is 0 Å². The number of unbranched alkanes of at least 4 members (excludes halogenated alkanes) is 11. The Hall–Kier alpha value is -3.53. The number of ether oxygens (including phenoxy) is 3. The Kier molecular flexibility index (Phi) is 15.2. The minimum absolute atomic E-state index is 0.381. The lowest BCUT2D eigenvalue weighted by atomic mass is 10.1. The van der Waals surface area contributed by atoms with Gasteiger partial charge in [-0.05, 0) is 85.3 Å². The van der Waals surface area contributed by atoms with Gasteiger partial charge in [-0.1, -0.05) is 95.1 Å². The lowest BCUT2D eigenvalue weighted by Gasteiger charge is -2.09. The van der Waals surface area contributed by atoms with Gasteiger partial charge in [-0.2, -0.15) is 0 Å². The number of benzene rings is 3. The largest absolute Gasteiger partial charge is 0.494 e. The third-order valence-electron chi connectivity index (χ3n) is 7.18. The molecule has 0 amide bonds. The second-order valence-corrected chi connectivity index (χ2v) is 10.6. The minimum atomic E-state index is -0.381. The molecule has 0 saturated heterocycles. The summed E-state index contributed by atoms with van der Waals surface area (Å²) in [6.45, 7) is 7.45. The van der Waals surface area contributed by atoms with Crippen molar-refractivity contribution in [1.29, 1.82) is 0 Å². The molecule has 0 fully saturated rings. The van der Waals surface area contributed by atoms with Crippen LogP contribution in [0.25, 0.3) is 11.1 Å². The van der Waals surface area contributed by atoms with Crippen molar-refractivity contribution in [3.63, 3.8) is 0 Å². The van der Waals surface area contributed by atoms with Gasteiger partial charge in [0.2, 0.25) is 0 Å². The van der Waals surface area contributed by atoms with Gasteiger partial charge in [-0.15, -0.1) is 6.58 Å². The lowest BCUT2D eigenvalue weighted by molar-refractivity contribution is 0.0734. The van der Waals surface area contributed by atoms with E-state index in [-0.39, 0.29) is 5.97 Å². The molecule has 0 aliphatic carbocycles. The summed E-state index contributed by atoms with van der Waals surface area (Å²) in [6, 6.07) is 22.9. The average molecular weight is 557 g/mol. The van der Waals surface area contributed by atoms with Gasteiger partial charge in [0.1, 0.15) is 17.2 Å². The molecular weight excluding hydrogens is 508 g/mol. The number of allylic oxidation sites excluding steroid dienone is 1. The number of hydrogen-bond donors (Lipinski definition) is 0. The maximum atomic E-state index is 12.6. The first-order chi connectivity index (χ1) is 20.2. The van der Waals surface area contributed by atoms with Crippen LogP contribution < -0.4 is 14.2 Å². The van der Waals surface area contributed by atoms with E-state index in [0.717, 1.165) is 48.5 Å². The van der Waals surface area contributed by atoms with E-state index >= 15 is 0 Å². The van der Waals surface area contributed by atoms with Crippen molar-refractivity contribution < 1.29 is 19.0 Å². The van der Waals surface area contributed by atoms with Crippen molar-refractivity contribution in [3.05, 3.63) is 91.0 Å². The van der Waals surface area contributed by atoms with Crippen molar-refractivity contribution in [2.75, 3.05) is 13.2 Å². The zero-order chi connectivity index (χ0) is 29.0. The summed E-state index contributed by atoms with van der Waals surface area (Å²) in [4.78, 5) is 12.6. The molecule has 0 saturated carbocycles. The van der Waals surface area contributed by atoms with Gasteiger partial charge in [0, 0.05) is 0 Å². The smallest absolute Gasteiger partial charge is 0.343 e. The standard InChI is InChI=1S/C37H48O4/c1-3-5-7-9-10-11-12-14-16-30-39-34-23-17-31(18-24-34)32-19-27-36(28-20-32)41-37(38)33-21-25-35(26-22-33)40-29-15-13-8-6-4-2/h3,17-28H,1,4-16,29-30H2,2H3. The first-order valence-corrected chi connectivity index (χ1v) is 15.6. The van der Waals surface area contributed by atoms with Crippen molar-refractivity contribution in [1.82, 2.24) is 0 Å². The van der Waals surface area contributed by atoms with E-state index in [9.17, 15) is 4.79 Å². The van der Waals surface area contributed by atoms with Crippen LogP contribution in [0.1, 0.15) is 101 Å². The zero-order valence-corrected chi connectivity index (χ0v) is 25.0. The summed E-state index contributed by atoms with van der Waals surface area (Å²) in [7, 11) is 0. The van der Waals surface area contributed by atoms with Crippen LogP contribution in [0, 0.1) is 0 Å². The summed E-state index contributed by atoms with van der Waals surface area (Å²) in [5.74, 6) is 1.81. The second-order valence-electron chi connectivity index (χ2n) is 10.6. The van der Waals surface area contributed by atoms with E-state index in [1.165, 1.54) is 64.2 Å². The van der Waals surface area contributed by atoms with Crippen LogP contribution in [0.15, 0.2) is 85.5 Å². The Morgan fingerprint density at radius 1 is 0.585 bits per heavy atom. The highest BCUT2D eigenvalue weighted by Gasteiger charge is 2.09. The molecule has 4 heteroatoms. The van der Waals surface area contributed by atoms with Crippen LogP contribution in [0.4, 0.5) is 0 Å². The Labute approximate surface area is 247 Å². The van der Waals surface area contributed by atoms with Gasteiger partial charge < -0.3 is 14.2 Å². The summed E-state index contributed by atoms with van der Waals surface area (Å²) >= 11 is 0. The Morgan fingerprint density at radius 2 is 1.02 bits per heavy atom. The Bertz CT molecular complexity index is 1120. The minimum Gasteiger partial charge on any atom is -0.494 e. The highest BCUT2D eigenvalue weighted by atomic mass is 16.5. The maximum Gasteiger partial charge on any atom is 0.343 e. The van der Waals surface area contributed by atoms with E-state index in [1.807, 2.05) is 54.6 Å². The summed E-state index contributed by atoms with van der Waals surface area (Å²) in [5, 5.41) is 0. The van der Waals surface area contributed by atoms with Gasteiger partial charge in [0.05, 0.1) is 18.8 Å². The summed E-state index contributed by atoms with van der Waals surface area (Å²) < 4.78 is 17.3. The zero-order valence-electron chi connectivity index (χ0n) is 25.0. The Balaban J connectivity index is 1.35. The van der Waals surface area contributed by atoms with E-state index in [4.69, 9.17) is 14.2 Å². The third kappa shape index (κ3) is 12.7. The highest BCUT2D eigenvalue weighted by Crippen LogP contribution is 2.25. The van der Waals surface area contributed by atoms with Crippen molar-refractivity contribution in [3.8, 4) is 28.4 Å². The normalized spacial score (nSPS) is 10.8. The van der Waals surface area contributed by atoms with Gasteiger partial charge >= 0.3 is 5.97 Å². The molecule has 0 aromatic heterocycles. The van der Waals surface area contributed by atoms with Crippen molar-refractivity contribution in [2.45, 2.75) is 90.4 Å². The van der Waals surface area contributed by atoms with Crippen LogP contribution in [-0.4, -0.2) is 19.2 Å². The summed E-state index contributed by atoms with van der Waals surface area (Å²) in [5.41, 5.74) is 2.65. The number of esters is 1. The molecule has 0 N–H and O–H groups in total. The van der Waals surface area contributed by atoms with E-state index in [2.05, 4.69) is 25.6 Å². The molecule has 3 aromatic carbocycles. The molecule has 220 valence electrons. The topological polar surface area (TPSA) is 44.8 Å². The van der Waals surface area contributed by atoms with Crippen molar-refractivity contribution >= 4 is 5.97 Å². The molecule has 3 rings (SSSR count). The predicted octanol–water partition coefficient (Wildman–Crippen LogP) is 10.6. The number of hydrogen-bond acceptors (Lipinski definition) is 4. The lowest BCUT2D eigenvalue weighted by Crippen LogP contribution is -2.08. The molecule has 0 heterocycles. The quantitative estimate of drug-likeness (QED) is 0.0566. The predicted molar refractivity (Wildman–Crippen MR) is 170 cm³/mol. The van der Waals surface area contributed by atoms with Gasteiger partial charge in [0.25, 0.3) is 0 Å². The van der Waals surface area contributed by atoms with Crippen molar-refractivity contribution in [2.24, 2.45) is 0 Å². The molecular formula is C37H48O4.